The molecule has 0 amide bonds. The Labute approximate surface area is 96.3 Å². The topological polar surface area (TPSA) is 75.4 Å². The second-order valence-electron chi connectivity index (χ2n) is 3.65. The first-order valence-electron chi connectivity index (χ1n) is 4.91. The average Bonchev–Trinajstić information content (AvgIpc) is 2.17. The maximum atomic E-state index is 11.4. The van der Waals surface area contributed by atoms with Crippen molar-refractivity contribution in [2.45, 2.75) is 0 Å². The van der Waals surface area contributed by atoms with Gasteiger partial charge in [-0.3, -0.25) is 0 Å². The fraction of sp³-hybridized carbons (Fsp3) is 0.400. The molecule has 0 aliphatic rings. The zero-order valence-electron chi connectivity index (χ0n) is 9.47. The molecule has 0 aliphatic carbocycles. The Bertz CT molecular complexity index is 443. The number of nitrogens with one attached hydrogen (secondary N) is 1. The lowest BCUT2D eigenvalue weighted by Gasteiger charge is -2.12. The van der Waals surface area contributed by atoms with E-state index in [2.05, 4.69) is 5.32 Å². The summed E-state index contributed by atoms with van der Waals surface area (Å²) in [5.41, 5.74) is 7.08. The summed E-state index contributed by atoms with van der Waals surface area (Å²) in [7, 11) is -0.0916. The van der Waals surface area contributed by atoms with Crippen LogP contribution in [0.3, 0.4) is 0 Å². The molecule has 16 heavy (non-hydrogen) atoms. The van der Waals surface area contributed by atoms with Crippen LogP contribution in [0.2, 0.25) is 0 Å². The van der Waals surface area contributed by atoms with Gasteiger partial charge in [-0.2, -0.15) is 0 Å². The van der Waals surface area contributed by atoms with Gasteiger partial charge in [0.25, 0.3) is 0 Å². The monoisotopic (exact) mass is 243 g/mol. The predicted molar refractivity (Wildman–Crippen MR) is 66.8 cm³/mol. The minimum Gasteiger partial charge on any atom is -0.399 e. The van der Waals surface area contributed by atoms with Gasteiger partial charge in [0.15, 0.2) is 0 Å². The lowest BCUT2D eigenvalue weighted by atomic mass is 10.3. The molecule has 90 valence electrons. The van der Waals surface area contributed by atoms with E-state index in [0.717, 1.165) is 5.69 Å². The second kappa shape index (κ2) is 5.18. The summed E-state index contributed by atoms with van der Waals surface area (Å²) in [5.74, 6) is 0.0643. The highest BCUT2D eigenvalue weighted by molar-refractivity contribution is 7.89. The zero-order chi connectivity index (χ0) is 12.2. The largest absolute Gasteiger partial charge is 0.399 e. The molecule has 6 heteroatoms. The number of nitrogens with zero attached hydrogens (tertiary/aromatic N) is 1. The van der Waals surface area contributed by atoms with Gasteiger partial charge in [-0.1, -0.05) is 6.07 Å². The molecule has 0 aliphatic heterocycles. The summed E-state index contributed by atoms with van der Waals surface area (Å²) in [4.78, 5) is 0. The van der Waals surface area contributed by atoms with Crippen LogP contribution in [0.5, 0.6) is 0 Å². The number of nitrogen functional groups attached to an aromatic ring is 1. The van der Waals surface area contributed by atoms with E-state index in [4.69, 9.17) is 5.73 Å². The number of rotatable bonds is 5. The van der Waals surface area contributed by atoms with Crippen molar-refractivity contribution < 1.29 is 8.42 Å². The molecule has 1 aromatic carbocycles. The van der Waals surface area contributed by atoms with Gasteiger partial charge in [0.1, 0.15) is 0 Å². The minimum absolute atomic E-state index is 0.0643. The van der Waals surface area contributed by atoms with Gasteiger partial charge < -0.3 is 11.1 Å². The molecular formula is C10H17N3O2S. The van der Waals surface area contributed by atoms with Crippen molar-refractivity contribution in [1.29, 1.82) is 0 Å². The van der Waals surface area contributed by atoms with Gasteiger partial charge in [-0.15, -0.1) is 0 Å². The van der Waals surface area contributed by atoms with Gasteiger partial charge in [-0.05, 0) is 18.2 Å². The Balaban J connectivity index is 2.48. The van der Waals surface area contributed by atoms with Gasteiger partial charge >= 0.3 is 0 Å². The van der Waals surface area contributed by atoms with Crippen molar-refractivity contribution in [2.75, 3.05) is 37.4 Å². The molecule has 0 radical (unpaired) electrons. The molecule has 0 spiro atoms. The van der Waals surface area contributed by atoms with E-state index < -0.39 is 10.0 Å². The Morgan fingerprint density at radius 1 is 1.38 bits per heavy atom. The first-order valence-corrected chi connectivity index (χ1v) is 6.52. The molecule has 0 saturated carbocycles. The Morgan fingerprint density at radius 2 is 2.06 bits per heavy atom. The number of anilines is 2. The van der Waals surface area contributed by atoms with Crippen molar-refractivity contribution >= 4 is 21.4 Å². The van der Waals surface area contributed by atoms with Crippen molar-refractivity contribution in [3.63, 3.8) is 0 Å². The molecule has 0 aromatic heterocycles. The molecule has 0 bridgehead atoms. The highest BCUT2D eigenvalue weighted by atomic mass is 32.2. The number of sulfonamides is 1. The number of nitrogens with two attached hydrogens (primary N) is 1. The molecule has 1 aromatic rings. The quantitative estimate of drug-likeness (QED) is 0.741. The summed E-state index contributed by atoms with van der Waals surface area (Å²) in [6, 6.07) is 7.21. The van der Waals surface area contributed by atoms with E-state index in [-0.39, 0.29) is 5.75 Å². The summed E-state index contributed by atoms with van der Waals surface area (Å²) >= 11 is 0. The molecule has 0 fully saturated rings. The standard InChI is InChI=1S/C10H17N3O2S/c1-13(2)16(14,15)7-6-12-10-5-3-4-9(11)8-10/h3-5,8,12H,6-7,11H2,1-2H3. The summed E-state index contributed by atoms with van der Waals surface area (Å²) < 4.78 is 24.1. The van der Waals surface area contributed by atoms with Gasteiger partial charge in [0.2, 0.25) is 10.0 Å². The summed E-state index contributed by atoms with van der Waals surface area (Å²) in [5, 5.41) is 3.01. The van der Waals surface area contributed by atoms with E-state index in [1.807, 2.05) is 12.1 Å². The minimum atomic E-state index is -3.14. The van der Waals surface area contributed by atoms with Crippen LogP contribution in [0.15, 0.2) is 24.3 Å². The number of hydrogen-bond donors (Lipinski definition) is 2. The fourth-order valence-electron chi connectivity index (χ4n) is 1.16. The zero-order valence-corrected chi connectivity index (χ0v) is 10.3. The van der Waals surface area contributed by atoms with Gasteiger partial charge in [0.05, 0.1) is 5.75 Å². The molecule has 0 atom stereocenters. The highest BCUT2D eigenvalue weighted by Gasteiger charge is 2.12. The van der Waals surface area contributed by atoms with E-state index in [1.54, 1.807) is 12.1 Å². The van der Waals surface area contributed by atoms with E-state index in [1.165, 1.54) is 18.4 Å². The molecule has 1 rings (SSSR count). The normalized spacial score (nSPS) is 11.7. The average molecular weight is 243 g/mol. The van der Waals surface area contributed by atoms with Crippen molar-refractivity contribution in [1.82, 2.24) is 4.31 Å². The van der Waals surface area contributed by atoms with Crippen LogP contribution in [0.4, 0.5) is 11.4 Å². The number of benzene rings is 1. The van der Waals surface area contributed by atoms with Gasteiger partial charge in [-0.25, -0.2) is 12.7 Å². The Hall–Kier alpha value is -1.27. The third kappa shape index (κ3) is 3.71. The highest BCUT2D eigenvalue weighted by Crippen LogP contribution is 2.11. The third-order valence-electron chi connectivity index (χ3n) is 2.13. The SMILES string of the molecule is CN(C)S(=O)(=O)CCNc1cccc(N)c1. The van der Waals surface area contributed by atoms with Crippen LogP contribution in [-0.4, -0.2) is 39.1 Å². The smallest absolute Gasteiger partial charge is 0.215 e. The fourth-order valence-corrected chi connectivity index (χ4v) is 1.88. The van der Waals surface area contributed by atoms with Gasteiger partial charge in [0, 0.05) is 32.0 Å². The van der Waals surface area contributed by atoms with E-state index in [0.29, 0.717) is 12.2 Å². The number of hydrogen-bond acceptors (Lipinski definition) is 4. The predicted octanol–water partition coefficient (Wildman–Crippen LogP) is 0.572. The first kappa shape index (κ1) is 12.8. The molecule has 3 N–H and O–H groups in total. The molecular weight excluding hydrogens is 226 g/mol. The third-order valence-corrected chi connectivity index (χ3v) is 3.96. The van der Waals surface area contributed by atoms with E-state index >= 15 is 0 Å². The van der Waals surface area contributed by atoms with Crippen molar-refractivity contribution in [3.05, 3.63) is 24.3 Å². The van der Waals surface area contributed by atoms with Crippen LogP contribution in [0, 0.1) is 0 Å². The lowest BCUT2D eigenvalue weighted by molar-refractivity contribution is 0.521. The maximum absolute atomic E-state index is 11.4. The summed E-state index contributed by atoms with van der Waals surface area (Å²) in [6.07, 6.45) is 0. The molecule has 0 heterocycles. The van der Waals surface area contributed by atoms with Crippen LogP contribution >= 0.6 is 0 Å². The van der Waals surface area contributed by atoms with E-state index in [9.17, 15) is 8.42 Å². The summed E-state index contributed by atoms with van der Waals surface area (Å²) in [6.45, 7) is 0.365. The Morgan fingerprint density at radius 3 is 2.62 bits per heavy atom. The lowest BCUT2D eigenvalue weighted by Crippen LogP contribution is -2.28. The molecule has 0 saturated heterocycles. The first-order chi connectivity index (χ1) is 7.42. The van der Waals surface area contributed by atoms with Crippen LogP contribution in [0.25, 0.3) is 0 Å². The second-order valence-corrected chi connectivity index (χ2v) is 5.95. The molecule has 5 nitrogen and oxygen atoms in total. The maximum Gasteiger partial charge on any atom is 0.215 e. The van der Waals surface area contributed by atoms with Crippen LogP contribution < -0.4 is 11.1 Å². The Kier molecular flexibility index (Phi) is 4.14. The van der Waals surface area contributed by atoms with Crippen molar-refractivity contribution in [3.8, 4) is 0 Å². The van der Waals surface area contributed by atoms with Crippen LogP contribution in [-0.2, 0) is 10.0 Å². The van der Waals surface area contributed by atoms with Crippen LogP contribution in [0.1, 0.15) is 0 Å². The molecule has 0 unspecified atom stereocenters. The van der Waals surface area contributed by atoms with Crippen molar-refractivity contribution in [2.24, 2.45) is 0 Å².